The second kappa shape index (κ2) is 10.2. The molecule has 2 amide bonds. The molecule has 35 heavy (non-hydrogen) atoms. The van der Waals surface area contributed by atoms with Crippen molar-refractivity contribution in [2.45, 2.75) is 19.4 Å². The predicted octanol–water partition coefficient (Wildman–Crippen LogP) is 3.12. The van der Waals surface area contributed by atoms with Crippen LogP contribution in [0.3, 0.4) is 0 Å². The van der Waals surface area contributed by atoms with Crippen LogP contribution in [0.5, 0.6) is 11.5 Å². The molecule has 3 aromatic rings. The van der Waals surface area contributed by atoms with Gasteiger partial charge in [-0.1, -0.05) is 35.5 Å². The second-order valence-electron chi connectivity index (χ2n) is 8.57. The van der Waals surface area contributed by atoms with E-state index in [9.17, 15) is 14.7 Å². The molecule has 0 aliphatic carbocycles. The summed E-state index contributed by atoms with van der Waals surface area (Å²) < 4.78 is 5.84. The van der Waals surface area contributed by atoms with Gasteiger partial charge in [-0.15, -0.1) is 0 Å². The highest BCUT2D eigenvalue weighted by Gasteiger charge is 2.25. The molecule has 0 spiro atoms. The number of ether oxygens (including phenoxy) is 1. The van der Waals surface area contributed by atoms with Crippen LogP contribution in [-0.2, 0) is 4.79 Å². The van der Waals surface area contributed by atoms with Gasteiger partial charge in [-0.05, 0) is 56.2 Å². The third-order valence-corrected chi connectivity index (χ3v) is 6.39. The Labute approximate surface area is 208 Å². The van der Waals surface area contributed by atoms with E-state index in [1.54, 1.807) is 4.90 Å². The lowest BCUT2D eigenvalue weighted by Crippen LogP contribution is -2.48. The number of carbonyl (C=O) groups excluding carboxylic acids is 2. The SMILES string of the molecule is CC(C)(O)C#CC(=O)N1CCN(c2nc(-c3ccc(Oc4ccccc4)cc3)c(C(N)=O)s2)CC1. The molecule has 2 aromatic carbocycles. The van der Waals surface area contributed by atoms with E-state index in [0.29, 0.717) is 47.6 Å². The highest BCUT2D eigenvalue weighted by Crippen LogP contribution is 2.34. The largest absolute Gasteiger partial charge is 0.457 e. The van der Waals surface area contributed by atoms with Gasteiger partial charge in [-0.2, -0.15) is 0 Å². The van der Waals surface area contributed by atoms with E-state index < -0.39 is 11.5 Å². The number of aromatic nitrogens is 1. The van der Waals surface area contributed by atoms with Gasteiger partial charge in [0.1, 0.15) is 22.0 Å². The number of thiazole rings is 1. The molecule has 0 unspecified atom stereocenters. The van der Waals surface area contributed by atoms with Gasteiger partial charge < -0.3 is 25.4 Å². The molecule has 1 aliphatic rings. The molecular formula is C26H26N4O4S. The Morgan fingerprint density at radius 1 is 1.03 bits per heavy atom. The van der Waals surface area contributed by atoms with E-state index in [1.165, 1.54) is 25.2 Å². The van der Waals surface area contributed by atoms with E-state index in [2.05, 4.69) is 11.8 Å². The van der Waals surface area contributed by atoms with Gasteiger partial charge in [0.15, 0.2) is 5.13 Å². The van der Waals surface area contributed by atoms with Crippen molar-refractivity contribution < 1.29 is 19.4 Å². The molecular weight excluding hydrogens is 464 g/mol. The van der Waals surface area contributed by atoms with Crippen LogP contribution in [-0.4, -0.2) is 58.6 Å². The average Bonchev–Trinajstić information content (AvgIpc) is 3.29. The maximum atomic E-state index is 12.3. The van der Waals surface area contributed by atoms with Crippen molar-refractivity contribution >= 4 is 28.3 Å². The summed E-state index contributed by atoms with van der Waals surface area (Å²) in [5.74, 6) is 5.60. The Kier molecular flexibility index (Phi) is 7.05. The van der Waals surface area contributed by atoms with Gasteiger partial charge in [-0.3, -0.25) is 9.59 Å². The van der Waals surface area contributed by atoms with Crippen LogP contribution in [0.4, 0.5) is 5.13 Å². The number of benzene rings is 2. The van der Waals surface area contributed by atoms with Gasteiger partial charge >= 0.3 is 0 Å². The van der Waals surface area contributed by atoms with Crippen molar-refractivity contribution in [3.8, 4) is 34.6 Å². The summed E-state index contributed by atoms with van der Waals surface area (Å²) >= 11 is 1.24. The summed E-state index contributed by atoms with van der Waals surface area (Å²) in [6.45, 7) is 5.09. The molecule has 1 aromatic heterocycles. The first kappa shape index (κ1) is 24.3. The van der Waals surface area contributed by atoms with E-state index in [-0.39, 0.29) is 5.91 Å². The molecule has 9 heteroatoms. The maximum absolute atomic E-state index is 12.3. The first-order chi connectivity index (χ1) is 16.7. The number of rotatable bonds is 5. The molecule has 1 saturated heterocycles. The van der Waals surface area contributed by atoms with Crippen LogP contribution in [0.1, 0.15) is 23.5 Å². The number of nitrogens with zero attached hydrogens (tertiary/aromatic N) is 3. The van der Waals surface area contributed by atoms with Gasteiger partial charge in [0.05, 0.1) is 5.69 Å². The van der Waals surface area contributed by atoms with Gasteiger partial charge in [0, 0.05) is 31.7 Å². The maximum Gasteiger partial charge on any atom is 0.298 e. The summed E-state index contributed by atoms with van der Waals surface area (Å²) in [5.41, 5.74) is 5.73. The molecule has 1 fully saturated rings. The lowest BCUT2D eigenvalue weighted by atomic mass is 10.1. The lowest BCUT2D eigenvalue weighted by Gasteiger charge is -2.33. The molecule has 0 atom stereocenters. The number of hydrogen-bond acceptors (Lipinski definition) is 7. The van der Waals surface area contributed by atoms with Crippen molar-refractivity contribution in [1.29, 1.82) is 0 Å². The first-order valence-corrected chi connectivity index (χ1v) is 11.9. The molecule has 0 saturated carbocycles. The van der Waals surface area contributed by atoms with Crippen molar-refractivity contribution in [3.63, 3.8) is 0 Å². The Bertz CT molecular complexity index is 1260. The Morgan fingerprint density at radius 2 is 1.66 bits per heavy atom. The minimum absolute atomic E-state index is 0.317. The molecule has 4 rings (SSSR count). The number of amides is 2. The van der Waals surface area contributed by atoms with Crippen LogP contribution < -0.4 is 15.4 Å². The summed E-state index contributed by atoms with van der Waals surface area (Å²) in [4.78, 5) is 33.2. The quantitative estimate of drug-likeness (QED) is 0.532. The predicted molar refractivity (Wildman–Crippen MR) is 135 cm³/mol. The normalized spacial score (nSPS) is 13.7. The molecule has 8 nitrogen and oxygen atoms in total. The second-order valence-corrected chi connectivity index (χ2v) is 9.54. The third-order valence-electron chi connectivity index (χ3n) is 5.26. The van der Waals surface area contributed by atoms with Crippen LogP contribution in [0.2, 0.25) is 0 Å². The summed E-state index contributed by atoms with van der Waals surface area (Å²) in [6.07, 6.45) is 0. The zero-order valence-corrected chi connectivity index (χ0v) is 20.3. The van der Waals surface area contributed by atoms with Crippen LogP contribution in [0, 0.1) is 11.8 Å². The number of piperazine rings is 1. The van der Waals surface area contributed by atoms with Gasteiger partial charge in [0.25, 0.3) is 11.8 Å². The minimum atomic E-state index is -1.22. The number of hydrogen-bond donors (Lipinski definition) is 2. The number of aliphatic hydroxyl groups is 1. The van der Waals surface area contributed by atoms with Crippen molar-refractivity contribution in [2.75, 3.05) is 31.1 Å². The van der Waals surface area contributed by atoms with Crippen LogP contribution in [0.15, 0.2) is 54.6 Å². The minimum Gasteiger partial charge on any atom is -0.457 e. The molecule has 1 aliphatic heterocycles. The Morgan fingerprint density at radius 3 is 2.26 bits per heavy atom. The highest BCUT2D eigenvalue weighted by atomic mass is 32.1. The van der Waals surface area contributed by atoms with Gasteiger partial charge in [-0.25, -0.2) is 4.98 Å². The number of primary amides is 1. The van der Waals surface area contributed by atoms with E-state index in [0.717, 1.165) is 11.3 Å². The Hall–Kier alpha value is -3.87. The van der Waals surface area contributed by atoms with Crippen LogP contribution in [0.25, 0.3) is 11.3 Å². The van der Waals surface area contributed by atoms with Gasteiger partial charge in [0.2, 0.25) is 0 Å². The molecule has 180 valence electrons. The number of para-hydroxylation sites is 1. The fourth-order valence-corrected chi connectivity index (χ4v) is 4.49. The lowest BCUT2D eigenvalue weighted by molar-refractivity contribution is -0.125. The summed E-state index contributed by atoms with van der Waals surface area (Å²) in [7, 11) is 0. The molecule has 2 heterocycles. The number of nitrogens with two attached hydrogens (primary N) is 1. The zero-order valence-electron chi connectivity index (χ0n) is 19.5. The highest BCUT2D eigenvalue weighted by molar-refractivity contribution is 7.18. The number of carbonyl (C=O) groups is 2. The third kappa shape index (κ3) is 6.18. The van der Waals surface area contributed by atoms with Crippen LogP contribution >= 0.6 is 11.3 Å². The smallest absolute Gasteiger partial charge is 0.298 e. The number of anilines is 1. The summed E-state index contributed by atoms with van der Waals surface area (Å²) in [5, 5.41) is 10.4. The molecule has 3 N–H and O–H groups in total. The average molecular weight is 491 g/mol. The van der Waals surface area contributed by atoms with Crippen molar-refractivity contribution in [2.24, 2.45) is 5.73 Å². The monoisotopic (exact) mass is 490 g/mol. The first-order valence-electron chi connectivity index (χ1n) is 11.1. The van der Waals surface area contributed by atoms with E-state index >= 15 is 0 Å². The summed E-state index contributed by atoms with van der Waals surface area (Å²) in [6, 6.07) is 16.8. The molecule has 0 bridgehead atoms. The van der Waals surface area contributed by atoms with E-state index in [4.69, 9.17) is 15.5 Å². The van der Waals surface area contributed by atoms with Crippen molar-refractivity contribution in [1.82, 2.24) is 9.88 Å². The fourth-order valence-electron chi connectivity index (χ4n) is 3.50. The standard InChI is InChI=1S/C26H26N4O4S/c1-26(2,33)13-12-21(31)29-14-16-30(17-15-29)25-28-22(23(35-25)24(27)32)18-8-10-20(11-9-18)34-19-6-4-3-5-7-19/h3-11,33H,14-17H2,1-2H3,(H2,27,32). The topological polar surface area (TPSA) is 109 Å². The van der Waals surface area contributed by atoms with Crippen molar-refractivity contribution in [3.05, 3.63) is 59.5 Å². The Balaban J connectivity index is 1.47. The fraction of sp³-hybridized carbons (Fsp3) is 0.269. The zero-order chi connectivity index (χ0) is 25.0. The van der Waals surface area contributed by atoms with E-state index in [1.807, 2.05) is 59.5 Å². The molecule has 0 radical (unpaired) electrons.